The van der Waals surface area contributed by atoms with Gasteiger partial charge in [-0.05, 0) is 25.2 Å². The molecule has 0 saturated heterocycles. The van der Waals surface area contributed by atoms with Crippen molar-refractivity contribution < 1.29 is 4.52 Å². The number of hydrogen-bond donors (Lipinski definition) is 2. The highest BCUT2D eigenvalue weighted by molar-refractivity contribution is 5.79. The Morgan fingerprint density at radius 2 is 2.00 bits per heavy atom. The molecule has 1 heterocycles. The molecular weight excluding hydrogens is 276 g/mol. The number of hydrogen-bond acceptors (Lipinski definition) is 3. The van der Waals surface area contributed by atoms with Gasteiger partial charge in [-0.15, -0.1) is 0 Å². The van der Waals surface area contributed by atoms with Gasteiger partial charge in [0.2, 0.25) is 0 Å². The third-order valence-electron chi connectivity index (χ3n) is 3.41. The lowest BCUT2D eigenvalue weighted by Gasteiger charge is -2.11. The second-order valence-electron chi connectivity index (χ2n) is 6.38. The summed E-state index contributed by atoms with van der Waals surface area (Å²) in [4.78, 5) is 4.55. The first kappa shape index (κ1) is 18.5. The van der Waals surface area contributed by atoms with Crippen molar-refractivity contribution in [1.29, 1.82) is 0 Å². The summed E-state index contributed by atoms with van der Waals surface area (Å²) in [6.07, 6.45) is 3.71. The van der Waals surface area contributed by atoms with Crippen LogP contribution in [0.2, 0.25) is 0 Å². The first-order chi connectivity index (χ1) is 10.5. The molecule has 126 valence electrons. The Kier molecular flexibility index (Phi) is 8.63. The molecule has 0 amide bonds. The lowest BCUT2D eigenvalue weighted by molar-refractivity contribution is 0.376. The monoisotopic (exact) mass is 308 g/mol. The summed E-state index contributed by atoms with van der Waals surface area (Å²) < 4.78 is 5.31. The molecule has 0 spiro atoms. The van der Waals surface area contributed by atoms with E-state index < -0.39 is 0 Å². The first-order valence-electron chi connectivity index (χ1n) is 8.50. The Morgan fingerprint density at radius 3 is 2.59 bits per heavy atom. The number of guanidine groups is 1. The summed E-state index contributed by atoms with van der Waals surface area (Å²) >= 11 is 0. The summed E-state index contributed by atoms with van der Waals surface area (Å²) in [5, 5.41) is 10.7. The molecule has 0 fully saturated rings. The highest BCUT2D eigenvalue weighted by atomic mass is 16.5. The number of nitrogens with one attached hydrogen (secondary N) is 2. The van der Waals surface area contributed by atoms with Gasteiger partial charge in [0, 0.05) is 19.2 Å². The van der Waals surface area contributed by atoms with E-state index in [1.165, 1.54) is 19.3 Å². The zero-order chi connectivity index (χ0) is 16.4. The zero-order valence-corrected chi connectivity index (χ0v) is 14.8. The van der Waals surface area contributed by atoms with Crippen LogP contribution in [-0.4, -0.2) is 24.2 Å². The van der Waals surface area contributed by atoms with Gasteiger partial charge in [-0.3, -0.25) is 0 Å². The van der Waals surface area contributed by atoms with Crippen LogP contribution in [0.4, 0.5) is 0 Å². The van der Waals surface area contributed by atoms with Gasteiger partial charge < -0.3 is 15.2 Å². The molecule has 0 aliphatic heterocycles. The van der Waals surface area contributed by atoms with Crippen molar-refractivity contribution in [3.63, 3.8) is 0 Å². The van der Waals surface area contributed by atoms with Gasteiger partial charge in [-0.1, -0.05) is 45.7 Å². The predicted molar refractivity (Wildman–Crippen MR) is 92.1 cm³/mol. The first-order valence-corrected chi connectivity index (χ1v) is 8.50. The summed E-state index contributed by atoms with van der Waals surface area (Å²) in [7, 11) is 0. The Balaban J connectivity index is 2.40. The van der Waals surface area contributed by atoms with Crippen molar-refractivity contribution >= 4 is 5.96 Å². The van der Waals surface area contributed by atoms with Gasteiger partial charge in [0.15, 0.2) is 11.7 Å². The van der Waals surface area contributed by atoms with Crippen molar-refractivity contribution in [3.05, 3.63) is 17.5 Å². The van der Waals surface area contributed by atoms with Gasteiger partial charge >= 0.3 is 0 Å². The van der Waals surface area contributed by atoms with E-state index in [2.05, 4.69) is 55.4 Å². The van der Waals surface area contributed by atoms with Crippen molar-refractivity contribution in [2.45, 2.75) is 66.3 Å². The second kappa shape index (κ2) is 10.2. The van der Waals surface area contributed by atoms with Gasteiger partial charge in [0.1, 0.15) is 6.54 Å². The lowest BCUT2D eigenvalue weighted by atomic mass is 10.1. The Hall–Kier alpha value is -1.52. The minimum Gasteiger partial charge on any atom is -0.359 e. The molecule has 0 aromatic carbocycles. The fraction of sp³-hybridized carbons (Fsp3) is 0.765. The van der Waals surface area contributed by atoms with Gasteiger partial charge in [0.05, 0.1) is 5.69 Å². The molecule has 1 rings (SSSR count). The van der Waals surface area contributed by atoms with Crippen molar-refractivity contribution in [3.8, 4) is 0 Å². The molecule has 0 aliphatic rings. The lowest BCUT2D eigenvalue weighted by Crippen LogP contribution is -2.37. The van der Waals surface area contributed by atoms with E-state index in [-0.39, 0.29) is 0 Å². The molecule has 0 bridgehead atoms. The second-order valence-corrected chi connectivity index (χ2v) is 6.38. The van der Waals surface area contributed by atoms with E-state index in [1.807, 2.05) is 6.07 Å². The van der Waals surface area contributed by atoms with Crippen molar-refractivity contribution in [2.24, 2.45) is 10.9 Å². The largest absolute Gasteiger partial charge is 0.359 e. The SMILES string of the molecule is CCNC(=NCc1cc(C(C)C)no1)NCCCCC(C)C. The molecule has 0 unspecified atom stereocenters. The topological polar surface area (TPSA) is 62.5 Å². The number of aliphatic imine (C=N–C) groups is 1. The minimum absolute atomic E-state index is 0.383. The zero-order valence-electron chi connectivity index (χ0n) is 14.8. The predicted octanol–water partition coefficient (Wildman–Crippen LogP) is 3.68. The van der Waals surface area contributed by atoms with Gasteiger partial charge in [-0.25, -0.2) is 4.99 Å². The molecule has 2 N–H and O–H groups in total. The van der Waals surface area contributed by atoms with E-state index in [9.17, 15) is 0 Å². The summed E-state index contributed by atoms with van der Waals surface area (Å²) in [6.45, 7) is 13.1. The van der Waals surface area contributed by atoms with Crippen LogP contribution in [0.25, 0.3) is 0 Å². The summed E-state index contributed by atoms with van der Waals surface area (Å²) in [6, 6.07) is 1.99. The van der Waals surface area contributed by atoms with E-state index in [4.69, 9.17) is 4.52 Å². The smallest absolute Gasteiger partial charge is 0.191 e. The maximum Gasteiger partial charge on any atom is 0.191 e. The highest BCUT2D eigenvalue weighted by Crippen LogP contribution is 2.14. The van der Waals surface area contributed by atoms with Crippen LogP contribution in [0.5, 0.6) is 0 Å². The summed E-state index contributed by atoms with van der Waals surface area (Å²) in [5.74, 6) is 2.81. The van der Waals surface area contributed by atoms with Crippen LogP contribution in [0.15, 0.2) is 15.6 Å². The van der Waals surface area contributed by atoms with Crippen LogP contribution >= 0.6 is 0 Å². The molecule has 0 aliphatic carbocycles. The maximum absolute atomic E-state index is 5.31. The minimum atomic E-state index is 0.383. The summed E-state index contributed by atoms with van der Waals surface area (Å²) in [5.41, 5.74) is 0.983. The third kappa shape index (κ3) is 7.48. The fourth-order valence-electron chi connectivity index (χ4n) is 2.06. The van der Waals surface area contributed by atoms with Gasteiger partial charge in [-0.2, -0.15) is 0 Å². The van der Waals surface area contributed by atoms with E-state index >= 15 is 0 Å². The van der Waals surface area contributed by atoms with Crippen LogP contribution in [0, 0.1) is 5.92 Å². The van der Waals surface area contributed by atoms with Crippen LogP contribution in [0.3, 0.4) is 0 Å². The Labute approximate surface area is 135 Å². The Bertz CT molecular complexity index is 438. The average molecular weight is 308 g/mol. The number of nitrogens with zero attached hydrogens (tertiary/aromatic N) is 2. The van der Waals surface area contributed by atoms with Crippen molar-refractivity contribution in [1.82, 2.24) is 15.8 Å². The van der Waals surface area contributed by atoms with E-state index in [0.717, 1.165) is 36.4 Å². The average Bonchev–Trinajstić information content (AvgIpc) is 2.93. The number of unbranched alkanes of at least 4 members (excludes halogenated alkanes) is 1. The van der Waals surface area contributed by atoms with E-state index in [0.29, 0.717) is 12.5 Å². The van der Waals surface area contributed by atoms with Crippen LogP contribution in [0.1, 0.15) is 71.3 Å². The molecule has 0 saturated carbocycles. The standard InChI is InChI=1S/C17H32N4O/c1-6-18-17(19-10-8-7-9-13(2)3)20-12-15-11-16(14(4)5)21-22-15/h11,13-14H,6-10,12H2,1-5H3,(H2,18,19,20). The molecule has 5 heteroatoms. The van der Waals surface area contributed by atoms with Crippen molar-refractivity contribution in [2.75, 3.05) is 13.1 Å². The normalized spacial score (nSPS) is 12.2. The quantitative estimate of drug-likeness (QED) is 0.415. The Morgan fingerprint density at radius 1 is 1.23 bits per heavy atom. The molecule has 1 aromatic rings. The molecular formula is C17H32N4O. The highest BCUT2D eigenvalue weighted by Gasteiger charge is 2.07. The molecule has 5 nitrogen and oxygen atoms in total. The molecule has 0 atom stereocenters. The molecule has 1 aromatic heterocycles. The van der Waals surface area contributed by atoms with E-state index in [1.54, 1.807) is 0 Å². The number of rotatable bonds is 9. The molecule has 0 radical (unpaired) electrons. The fourth-order valence-corrected chi connectivity index (χ4v) is 2.06. The van der Waals surface area contributed by atoms with Gasteiger partial charge in [0.25, 0.3) is 0 Å². The van der Waals surface area contributed by atoms with Crippen LogP contribution < -0.4 is 10.6 Å². The molecule has 22 heavy (non-hydrogen) atoms. The maximum atomic E-state index is 5.31. The third-order valence-corrected chi connectivity index (χ3v) is 3.41. The number of aromatic nitrogens is 1. The van der Waals surface area contributed by atoms with Crippen LogP contribution in [-0.2, 0) is 6.54 Å².